The lowest BCUT2D eigenvalue weighted by atomic mass is 10.1. The molecule has 3 aliphatic heterocycles. The highest BCUT2D eigenvalue weighted by atomic mass is 16.5. The Morgan fingerprint density at radius 1 is 1.07 bits per heavy atom. The first-order valence-corrected chi connectivity index (χ1v) is 9.86. The number of aromatic nitrogens is 2. The van der Waals surface area contributed by atoms with Crippen molar-refractivity contribution >= 4 is 5.82 Å². The predicted octanol–water partition coefficient (Wildman–Crippen LogP) is 2.06. The topological polar surface area (TPSA) is 50.7 Å². The summed E-state index contributed by atoms with van der Waals surface area (Å²) in [7, 11) is 0. The molecule has 1 aromatic carbocycles. The molecule has 0 amide bonds. The standard InChI is InChI=1S/C21H26N4O2/c1-15-2-5-21(23-22-15)25-11-17-10-24(19(12-25)14-26-13-17)9-16-3-4-20-18(8-16)6-7-27-20/h2-5,8,17,19H,6-7,9-14H2,1H3/t17-,19+/m1/s1. The van der Waals surface area contributed by atoms with Crippen LogP contribution < -0.4 is 9.64 Å². The lowest BCUT2D eigenvalue weighted by Crippen LogP contribution is -2.43. The van der Waals surface area contributed by atoms with Gasteiger partial charge in [0.15, 0.2) is 5.82 Å². The molecular weight excluding hydrogens is 340 g/mol. The summed E-state index contributed by atoms with van der Waals surface area (Å²) in [6, 6.07) is 11.2. The number of fused-ring (bicyclic) bond motifs is 4. The Bertz CT molecular complexity index is 810. The fourth-order valence-corrected chi connectivity index (χ4v) is 4.44. The van der Waals surface area contributed by atoms with E-state index < -0.39 is 0 Å². The zero-order chi connectivity index (χ0) is 18.2. The molecule has 6 heteroatoms. The maximum Gasteiger partial charge on any atom is 0.151 e. The van der Waals surface area contributed by atoms with Gasteiger partial charge in [-0.25, -0.2) is 0 Å². The predicted molar refractivity (Wildman–Crippen MR) is 103 cm³/mol. The smallest absolute Gasteiger partial charge is 0.151 e. The Morgan fingerprint density at radius 2 is 2.04 bits per heavy atom. The van der Waals surface area contributed by atoms with Gasteiger partial charge in [0.05, 0.1) is 31.6 Å². The van der Waals surface area contributed by atoms with Crippen molar-refractivity contribution in [3.05, 3.63) is 47.2 Å². The summed E-state index contributed by atoms with van der Waals surface area (Å²) < 4.78 is 11.6. The van der Waals surface area contributed by atoms with Crippen molar-refractivity contribution in [2.24, 2.45) is 5.92 Å². The van der Waals surface area contributed by atoms with Crippen LogP contribution in [0.2, 0.25) is 0 Å². The molecule has 2 atom stereocenters. The maximum absolute atomic E-state index is 5.98. The molecule has 142 valence electrons. The lowest BCUT2D eigenvalue weighted by Gasteiger charge is -2.31. The van der Waals surface area contributed by atoms with Crippen LogP contribution in [0.25, 0.3) is 0 Å². The van der Waals surface area contributed by atoms with E-state index in [4.69, 9.17) is 9.47 Å². The average molecular weight is 366 g/mol. The fourth-order valence-electron chi connectivity index (χ4n) is 4.44. The second kappa shape index (κ2) is 7.09. The Labute approximate surface area is 160 Å². The molecule has 1 aromatic heterocycles. The van der Waals surface area contributed by atoms with Crippen LogP contribution in [0.4, 0.5) is 5.82 Å². The molecule has 0 radical (unpaired) electrons. The highest BCUT2D eigenvalue weighted by molar-refractivity contribution is 5.40. The minimum Gasteiger partial charge on any atom is -0.493 e. The Morgan fingerprint density at radius 3 is 2.93 bits per heavy atom. The van der Waals surface area contributed by atoms with Crippen molar-refractivity contribution < 1.29 is 9.47 Å². The summed E-state index contributed by atoms with van der Waals surface area (Å²) in [4.78, 5) is 4.98. The fraction of sp³-hybridized carbons (Fsp3) is 0.524. The normalized spacial score (nSPS) is 25.0. The van der Waals surface area contributed by atoms with Crippen molar-refractivity contribution in [1.82, 2.24) is 15.1 Å². The summed E-state index contributed by atoms with van der Waals surface area (Å²) in [5, 5.41) is 8.67. The molecule has 27 heavy (non-hydrogen) atoms. The van der Waals surface area contributed by atoms with E-state index in [-0.39, 0.29) is 0 Å². The van der Waals surface area contributed by atoms with Crippen molar-refractivity contribution in [3.63, 3.8) is 0 Å². The summed E-state index contributed by atoms with van der Waals surface area (Å²) in [5.74, 6) is 2.52. The zero-order valence-electron chi connectivity index (χ0n) is 15.8. The molecule has 0 saturated carbocycles. The third-order valence-electron chi connectivity index (χ3n) is 5.83. The average Bonchev–Trinajstić information content (AvgIpc) is 2.95. The number of rotatable bonds is 3. The van der Waals surface area contributed by atoms with Gasteiger partial charge >= 0.3 is 0 Å². The van der Waals surface area contributed by atoms with Gasteiger partial charge < -0.3 is 14.4 Å². The molecule has 3 aliphatic rings. The van der Waals surface area contributed by atoms with E-state index in [0.717, 1.165) is 69.7 Å². The number of nitrogens with zero attached hydrogens (tertiary/aromatic N) is 4. The highest BCUT2D eigenvalue weighted by Crippen LogP contribution is 2.28. The molecule has 0 unspecified atom stereocenters. The minimum absolute atomic E-state index is 0.366. The first kappa shape index (κ1) is 17.0. The SMILES string of the molecule is Cc1ccc(N2C[C@@H]3COC[C@H](C2)N(Cc2ccc4c(c2)CCO4)C3)nn1. The van der Waals surface area contributed by atoms with Crippen molar-refractivity contribution in [2.45, 2.75) is 25.9 Å². The first-order chi connectivity index (χ1) is 13.2. The van der Waals surface area contributed by atoms with E-state index in [0.29, 0.717) is 12.0 Å². The monoisotopic (exact) mass is 366 g/mol. The van der Waals surface area contributed by atoms with Gasteiger partial charge in [-0.2, -0.15) is 5.10 Å². The third-order valence-corrected chi connectivity index (χ3v) is 5.83. The second-order valence-electron chi connectivity index (χ2n) is 7.97. The third kappa shape index (κ3) is 3.51. The van der Waals surface area contributed by atoms with Crippen LogP contribution in [0.5, 0.6) is 5.75 Å². The van der Waals surface area contributed by atoms with Gasteiger partial charge in [0.1, 0.15) is 5.75 Å². The molecule has 5 rings (SSSR count). The molecule has 2 saturated heterocycles. The zero-order valence-corrected chi connectivity index (χ0v) is 15.8. The molecule has 0 aliphatic carbocycles. The highest BCUT2D eigenvalue weighted by Gasteiger charge is 2.34. The summed E-state index contributed by atoms with van der Waals surface area (Å²) in [6.45, 7) is 8.32. The molecule has 4 heterocycles. The van der Waals surface area contributed by atoms with Crippen LogP contribution in [-0.4, -0.2) is 60.6 Å². The summed E-state index contributed by atoms with van der Waals surface area (Å²) in [5.41, 5.74) is 3.67. The van der Waals surface area contributed by atoms with E-state index >= 15 is 0 Å². The molecule has 0 spiro atoms. The van der Waals surface area contributed by atoms with Gasteiger partial charge in [0.25, 0.3) is 0 Å². The number of ether oxygens (including phenoxy) is 2. The summed E-state index contributed by atoms with van der Waals surface area (Å²) >= 11 is 0. The summed E-state index contributed by atoms with van der Waals surface area (Å²) in [6.07, 6.45) is 1.03. The maximum atomic E-state index is 5.98. The first-order valence-electron chi connectivity index (χ1n) is 9.86. The van der Waals surface area contributed by atoms with Crippen LogP contribution in [-0.2, 0) is 17.7 Å². The number of aryl methyl sites for hydroxylation is 1. The van der Waals surface area contributed by atoms with Gasteiger partial charge in [-0.3, -0.25) is 4.90 Å². The van der Waals surface area contributed by atoms with Crippen molar-refractivity contribution in [2.75, 3.05) is 44.4 Å². The van der Waals surface area contributed by atoms with Crippen LogP contribution in [0.1, 0.15) is 16.8 Å². The van der Waals surface area contributed by atoms with E-state index in [1.165, 1.54) is 11.1 Å². The number of hydrogen-bond acceptors (Lipinski definition) is 6. The van der Waals surface area contributed by atoms with Gasteiger partial charge in [-0.1, -0.05) is 12.1 Å². The number of anilines is 1. The van der Waals surface area contributed by atoms with Crippen molar-refractivity contribution in [1.29, 1.82) is 0 Å². The van der Waals surface area contributed by atoms with E-state index in [1.54, 1.807) is 0 Å². The van der Waals surface area contributed by atoms with Gasteiger partial charge in [-0.15, -0.1) is 5.10 Å². The van der Waals surface area contributed by atoms with Crippen molar-refractivity contribution in [3.8, 4) is 5.75 Å². The Kier molecular flexibility index (Phi) is 4.45. The number of hydrogen-bond donors (Lipinski definition) is 0. The minimum atomic E-state index is 0.366. The molecule has 0 N–H and O–H groups in total. The molecule has 2 fully saturated rings. The Balaban J connectivity index is 1.36. The second-order valence-corrected chi connectivity index (χ2v) is 7.97. The van der Waals surface area contributed by atoms with E-state index in [9.17, 15) is 0 Å². The van der Waals surface area contributed by atoms with Crippen LogP contribution in [0.3, 0.4) is 0 Å². The molecule has 6 nitrogen and oxygen atoms in total. The van der Waals surface area contributed by atoms with E-state index in [1.807, 2.05) is 13.0 Å². The van der Waals surface area contributed by atoms with E-state index in [2.05, 4.69) is 44.3 Å². The van der Waals surface area contributed by atoms with Crippen LogP contribution in [0, 0.1) is 12.8 Å². The lowest BCUT2D eigenvalue weighted by molar-refractivity contribution is 0.0871. The van der Waals surface area contributed by atoms with Gasteiger partial charge in [0.2, 0.25) is 0 Å². The van der Waals surface area contributed by atoms with Crippen LogP contribution >= 0.6 is 0 Å². The van der Waals surface area contributed by atoms with Gasteiger partial charge in [0, 0.05) is 38.5 Å². The molecule has 2 bridgehead atoms. The van der Waals surface area contributed by atoms with Gasteiger partial charge in [-0.05, 0) is 36.2 Å². The van der Waals surface area contributed by atoms with Crippen LogP contribution in [0.15, 0.2) is 30.3 Å². The largest absolute Gasteiger partial charge is 0.493 e. The molecular formula is C21H26N4O2. The number of benzene rings is 1. The Hall–Kier alpha value is -2.18. The quantitative estimate of drug-likeness (QED) is 0.829. The molecule has 2 aromatic rings.